The van der Waals surface area contributed by atoms with Crippen LogP contribution in [0.2, 0.25) is 0 Å². The number of alkyl halides is 3. The highest BCUT2D eigenvalue weighted by Crippen LogP contribution is 2.34. The lowest BCUT2D eigenvalue weighted by Crippen LogP contribution is -2.04. The average molecular weight is 288 g/mol. The zero-order valence-electron chi connectivity index (χ0n) is 10.9. The molecule has 106 valence electrons. The van der Waals surface area contributed by atoms with Gasteiger partial charge in [-0.1, -0.05) is 36.4 Å². The fraction of sp³-hybridized carbons (Fsp3) is 0.0625. The minimum absolute atomic E-state index is 0.279. The molecule has 3 aromatic rings. The minimum Gasteiger partial charge on any atom is -0.384 e. The van der Waals surface area contributed by atoms with E-state index in [1.165, 1.54) is 6.07 Å². The molecule has 0 aliphatic carbocycles. The van der Waals surface area contributed by atoms with Crippen molar-refractivity contribution in [2.24, 2.45) is 0 Å². The van der Waals surface area contributed by atoms with Gasteiger partial charge in [0.15, 0.2) is 0 Å². The highest BCUT2D eigenvalue weighted by Gasteiger charge is 2.30. The number of halogens is 3. The zero-order chi connectivity index (χ0) is 15.0. The van der Waals surface area contributed by atoms with E-state index in [-0.39, 0.29) is 5.82 Å². The summed E-state index contributed by atoms with van der Waals surface area (Å²) in [5, 5.41) is 1.61. The van der Waals surface area contributed by atoms with Gasteiger partial charge in [-0.2, -0.15) is 13.2 Å². The number of hydrogen-bond donors (Lipinski definition) is 1. The summed E-state index contributed by atoms with van der Waals surface area (Å²) >= 11 is 0. The van der Waals surface area contributed by atoms with Crippen LogP contribution < -0.4 is 5.73 Å². The molecule has 0 radical (unpaired) electrons. The van der Waals surface area contributed by atoms with E-state index in [0.29, 0.717) is 11.3 Å². The maximum absolute atomic E-state index is 12.8. The Bertz CT molecular complexity index is 810. The number of benzene rings is 2. The van der Waals surface area contributed by atoms with Gasteiger partial charge < -0.3 is 5.73 Å². The Hall–Kier alpha value is -2.56. The monoisotopic (exact) mass is 288 g/mol. The molecule has 0 aliphatic heterocycles. The van der Waals surface area contributed by atoms with Crippen molar-refractivity contribution in [1.82, 2.24) is 4.98 Å². The van der Waals surface area contributed by atoms with Crippen LogP contribution in [0.1, 0.15) is 5.56 Å². The van der Waals surface area contributed by atoms with E-state index >= 15 is 0 Å². The molecule has 0 fully saturated rings. The van der Waals surface area contributed by atoms with Gasteiger partial charge in [-0.05, 0) is 23.6 Å². The lowest BCUT2D eigenvalue weighted by molar-refractivity contribution is -0.137. The van der Waals surface area contributed by atoms with E-state index in [4.69, 9.17) is 5.73 Å². The van der Waals surface area contributed by atoms with Crippen LogP contribution in [0, 0.1) is 0 Å². The van der Waals surface area contributed by atoms with E-state index in [2.05, 4.69) is 4.98 Å². The van der Waals surface area contributed by atoms with Crippen LogP contribution in [0.3, 0.4) is 0 Å². The van der Waals surface area contributed by atoms with Crippen LogP contribution >= 0.6 is 0 Å². The average Bonchev–Trinajstić information content (AvgIpc) is 2.45. The Balaban J connectivity index is 2.26. The number of nitrogens with zero attached hydrogens (tertiary/aromatic N) is 1. The van der Waals surface area contributed by atoms with E-state index in [9.17, 15) is 13.2 Å². The van der Waals surface area contributed by atoms with Crippen LogP contribution in [0.25, 0.3) is 22.0 Å². The summed E-state index contributed by atoms with van der Waals surface area (Å²) < 4.78 is 38.5. The van der Waals surface area contributed by atoms with Crippen LogP contribution in [0.5, 0.6) is 0 Å². The molecule has 1 aromatic heterocycles. The van der Waals surface area contributed by atoms with E-state index in [1.807, 2.05) is 24.3 Å². The predicted octanol–water partition coefficient (Wildman–Crippen LogP) is 4.50. The molecule has 2 N–H and O–H groups in total. The van der Waals surface area contributed by atoms with E-state index in [0.717, 1.165) is 22.9 Å². The molecule has 5 heteroatoms. The number of pyridine rings is 1. The van der Waals surface area contributed by atoms with Crippen LogP contribution in [-0.4, -0.2) is 4.98 Å². The number of anilines is 1. The van der Waals surface area contributed by atoms with Crippen molar-refractivity contribution in [3.63, 3.8) is 0 Å². The van der Waals surface area contributed by atoms with Crippen molar-refractivity contribution in [2.45, 2.75) is 6.18 Å². The Kier molecular flexibility index (Phi) is 3.05. The highest BCUT2D eigenvalue weighted by atomic mass is 19.4. The standard InChI is InChI=1S/C16H11F3N2/c17-16(18,19)12-6-3-5-11(8-12)15-13-7-2-1-4-10(13)9-14(20)21-15/h1-9H,(H2,20,21). The normalized spacial score (nSPS) is 11.8. The Labute approximate surface area is 119 Å². The van der Waals surface area contributed by atoms with Gasteiger partial charge in [-0.25, -0.2) is 4.98 Å². The fourth-order valence-electron chi connectivity index (χ4n) is 2.28. The topological polar surface area (TPSA) is 38.9 Å². The largest absolute Gasteiger partial charge is 0.416 e. The molecule has 0 aliphatic rings. The van der Waals surface area contributed by atoms with Gasteiger partial charge in [0.05, 0.1) is 11.3 Å². The first-order valence-corrected chi connectivity index (χ1v) is 6.28. The number of fused-ring (bicyclic) bond motifs is 1. The summed E-state index contributed by atoms with van der Waals surface area (Å²) in [7, 11) is 0. The number of nitrogens with two attached hydrogens (primary N) is 1. The number of hydrogen-bond acceptors (Lipinski definition) is 2. The maximum Gasteiger partial charge on any atom is 0.416 e. The highest BCUT2D eigenvalue weighted by molar-refractivity contribution is 5.96. The molecule has 21 heavy (non-hydrogen) atoms. The minimum atomic E-state index is -4.38. The zero-order valence-corrected chi connectivity index (χ0v) is 10.9. The van der Waals surface area contributed by atoms with E-state index < -0.39 is 11.7 Å². The van der Waals surface area contributed by atoms with Gasteiger partial charge in [0.1, 0.15) is 5.82 Å². The van der Waals surface area contributed by atoms with Gasteiger partial charge in [0.2, 0.25) is 0 Å². The van der Waals surface area contributed by atoms with Gasteiger partial charge in [-0.3, -0.25) is 0 Å². The Morgan fingerprint density at radius 2 is 1.67 bits per heavy atom. The third kappa shape index (κ3) is 2.54. The molecular weight excluding hydrogens is 277 g/mol. The van der Waals surface area contributed by atoms with Crippen molar-refractivity contribution in [1.29, 1.82) is 0 Å². The molecule has 0 spiro atoms. The number of nitrogen functional groups attached to an aromatic ring is 1. The van der Waals surface area contributed by atoms with E-state index in [1.54, 1.807) is 12.1 Å². The van der Waals surface area contributed by atoms with Crippen molar-refractivity contribution in [2.75, 3.05) is 5.73 Å². The smallest absolute Gasteiger partial charge is 0.384 e. The molecule has 2 aromatic carbocycles. The summed E-state index contributed by atoms with van der Waals surface area (Å²) in [5.41, 5.74) is 5.90. The molecule has 1 heterocycles. The first kappa shape index (κ1) is 13.4. The second-order valence-electron chi connectivity index (χ2n) is 4.70. The van der Waals surface area contributed by atoms with Crippen molar-refractivity contribution in [3.8, 4) is 11.3 Å². The second-order valence-corrected chi connectivity index (χ2v) is 4.70. The lowest BCUT2D eigenvalue weighted by atomic mass is 10.0. The van der Waals surface area contributed by atoms with Gasteiger partial charge >= 0.3 is 6.18 Å². The number of rotatable bonds is 1. The molecule has 3 rings (SSSR count). The van der Waals surface area contributed by atoms with Crippen molar-refractivity contribution >= 4 is 16.6 Å². The van der Waals surface area contributed by atoms with Crippen molar-refractivity contribution in [3.05, 3.63) is 60.2 Å². The molecule has 2 nitrogen and oxygen atoms in total. The third-order valence-corrected chi connectivity index (χ3v) is 3.22. The van der Waals surface area contributed by atoms with Crippen molar-refractivity contribution < 1.29 is 13.2 Å². The fourth-order valence-corrected chi connectivity index (χ4v) is 2.28. The summed E-state index contributed by atoms with van der Waals surface area (Å²) in [6.07, 6.45) is -4.38. The van der Waals surface area contributed by atoms with Gasteiger partial charge in [0.25, 0.3) is 0 Å². The quantitative estimate of drug-likeness (QED) is 0.716. The third-order valence-electron chi connectivity index (χ3n) is 3.22. The lowest BCUT2D eigenvalue weighted by Gasteiger charge is -2.11. The Morgan fingerprint density at radius 3 is 2.43 bits per heavy atom. The maximum atomic E-state index is 12.8. The molecule has 0 bridgehead atoms. The molecule has 0 unspecified atom stereocenters. The summed E-state index contributed by atoms with van der Waals surface area (Å²) in [6, 6.07) is 14.1. The molecule has 0 amide bonds. The summed E-state index contributed by atoms with van der Waals surface area (Å²) in [6.45, 7) is 0. The summed E-state index contributed by atoms with van der Waals surface area (Å²) in [5.74, 6) is 0.279. The van der Waals surface area contributed by atoms with Gasteiger partial charge in [-0.15, -0.1) is 0 Å². The van der Waals surface area contributed by atoms with Crippen LogP contribution in [-0.2, 0) is 6.18 Å². The Morgan fingerprint density at radius 1 is 0.905 bits per heavy atom. The number of aromatic nitrogens is 1. The predicted molar refractivity (Wildman–Crippen MR) is 76.6 cm³/mol. The summed E-state index contributed by atoms with van der Waals surface area (Å²) in [4.78, 5) is 4.21. The van der Waals surface area contributed by atoms with Crippen LogP contribution in [0.15, 0.2) is 54.6 Å². The first-order chi connectivity index (χ1) is 9.95. The molecular formula is C16H11F3N2. The second kappa shape index (κ2) is 4.77. The van der Waals surface area contributed by atoms with Crippen LogP contribution in [0.4, 0.5) is 19.0 Å². The molecule has 0 saturated carbocycles. The molecule has 0 saturated heterocycles. The molecule has 0 atom stereocenters. The van der Waals surface area contributed by atoms with Gasteiger partial charge in [0, 0.05) is 10.9 Å². The SMILES string of the molecule is Nc1cc2ccccc2c(-c2cccc(C(F)(F)F)c2)n1. The first-order valence-electron chi connectivity index (χ1n) is 6.28.